The zero-order valence-electron chi connectivity index (χ0n) is 9.71. The van der Waals surface area contributed by atoms with E-state index >= 15 is 0 Å². The van der Waals surface area contributed by atoms with E-state index in [1.165, 1.54) is 0 Å². The molecule has 0 unspecified atom stereocenters. The van der Waals surface area contributed by atoms with Gasteiger partial charge in [0, 0.05) is 11.8 Å². The van der Waals surface area contributed by atoms with Gasteiger partial charge >= 0.3 is 0 Å². The highest BCUT2D eigenvalue weighted by Gasteiger charge is 2.05. The fraction of sp³-hybridized carbons (Fsp3) is 0.0769. The van der Waals surface area contributed by atoms with E-state index in [-0.39, 0.29) is 5.82 Å². The summed E-state index contributed by atoms with van der Waals surface area (Å²) >= 11 is 0. The number of nitrogens with zero attached hydrogens (tertiary/aromatic N) is 3. The Morgan fingerprint density at radius 2 is 2.11 bits per heavy atom. The van der Waals surface area contributed by atoms with E-state index in [4.69, 9.17) is 0 Å². The second kappa shape index (κ2) is 4.03. The van der Waals surface area contributed by atoms with Gasteiger partial charge in [0.2, 0.25) is 0 Å². The number of hydrogen-bond acceptors (Lipinski definition) is 4. The van der Waals surface area contributed by atoms with E-state index in [1.54, 1.807) is 12.3 Å². The number of carbonyl (C=O) groups is 1. The Morgan fingerprint density at radius 3 is 2.94 bits per heavy atom. The number of carbonyl (C=O) groups excluding carboxylic acids is 1. The van der Waals surface area contributed by atoms with Gasteiger partial charge in [-0.1, -0.05) is 6.07 Å². The lowest BCUT2D eigenvalue weighted by atomic mass is 10.1. The molecule has 0 bridgehead atoms. The number of benzene rings is 1. The Hall–Kier alpha value is -2.56. The van der Waals surface area contributed by atoms with Crippen molar-refractivity contribution >= 4 is 17.3 Å². The molecule has 5 nitrogen and oxygen atoms in total. The Morgan fingerprint density at radius 1 is 1.22 bits per heavy atom. The molecule has 2 aromatic heterocycles. The Labute approximate surface area is 103 Å². The minimum Gasteiger partial charge on any atom is -0.342 e. The third kappa shape index (κ3) is 1.75. The lowest BCUT2D eigenvalue weighted by molar-refractivity contribution is 0.111. The normalized spacial score (nSPS) is 10.7. The summed E-state index contributed by atoms with van der Waals surface area (Å²) in [4.78, 5) is 26.2. The van der Waals surface area contributed by atoms with Gasteiger partial charge in [-0.25, -0.2) is 15.0 Å². The van der Waals surface area contributed by atoms with Crippen LogP contribution in [0.3, 0.4) is 0 Å². The third-order valence-corrected chi connectivity index (χ3v) is 2.68. The van der Waals surface area contributed by atoms with Crippen molar-refractivity contribution < 1.29 is 4.79 Å². The SMILES string of the molecule is Cc1nc2ccc(-c3ccnc(C=O)n3)cc2[nH]1. The van der Waals surface area contributed by atoms with Gasteiger partial charge in [-0.05, 0) is 25.1 Å². The molecule has 0 amide bonds. The molecule has 0 saturated carbocycles. The largest absolute Gasteiger partial charge is 0.342 e. The molecule has 5 heteroatoms. The molecular weight excluding hydrogens is 228 g/mol. The van der Waals surface area contributed by atoms with Crippen molar-refractivity contribution in [3.05, 3.63) is 42.1 Å². The Balaban J connectivity index is 2.15. The molecule has 0 radical (unpaired) electrons. The summed E-state index contributed by atoms with van der Waals surface area (Å²) in [6.07, 6.45) is 2.22. The summed E-state index contributed by atoms with van der Waals surface area (Å²) in [7, 11) is 0. The third-order valence-electron chi connectivity index (χ3n) is 2.68. The van der Waals surface area contributed by atoms with Crippen LogP contribution in [0.4, 0.5) is 0 Å². The fourth-order valence-electron chi connectivity index (χ4n) is 1.89. The van der Waals surface area contributed by atoms with Gasteiger partial charge in [-0.15, -0.1) is 0 Å². The number of fused-ring (bicyclic) bond motifs is 1. The zero-order chi connectivity index (χ0) is 12.5. The second-order valence-electron chi connectivity index (χ2n) is 3.97. The highest BCUT2D eigenvalue weighted by Crippen LogP contribution is 2.21. The number of nitrogens with one attached hydrogen (secondary N) is 1. The number of rotatable bonds is 2. The highest BCUT2D eigenvalue weighted by atomic mass is 16.1. The minimum atomic E-state index is 0.188. The summed E-state index contributed by atoms with van der Waals surface area (Å²) in [6.45, 7) is 1.91. The van der Waals surface area contributed by atoms with Gasteiger partial charge < -0.3 is 4.98 Å². The van der Waals surface area contributed by atoms with Crippen LogP contribution in [0.2, 0.25) is 0 Å². The van der Waals surface area contributed by atoms with Crippen LogP contribution in [0.1, 0.15) is 16.4 Å². The average molecular weight is 238 g/mol. The molecule has 1 N–H and O–H groups in total. The van der Waals surface area contributed by atoms with E-state index < -0.39 is 0 Å². The van der Waals surface area contributed by atoms with Crippen molar-refractivity contribution in [2.45, 2.75) is 6.92 Å². The summed E-state index contributed by atoms with van der Waals surface area (Å²) < 4.78 is 0. The molecule has 0 aliphatic rings. The first kappa shape index (κ1) is 10.6. The van der Waals surface area contributed by atoms with Crippen molar-refractivity contribution in [2.75, 3.05) is 0 Å². The van der Waals surface area contributed by atoms with E-state index in [0.717, 1.165) is 28.1 Å². The number of aryl methyl sites for hydroxylation is 1. The molecule has 0 atom stereocenters. The monoisotopic (exact) mass is 238 g/mol. The molecule has 18 heavy (non-hydrogen) atoms. The lowest BCUT2D eigenvalue weighted by Gasteiger charge is -2.00. The van der Waals surface area contributed by atoms with Crippen molar-refractivity contribution in [3.8, 4) is 11.3 Å². The summed E-state index contributed by atoms with van der Waals surface area (Å²) in [5, 5.41) is 0. The quantitative estimate of drug-likeness (QED) is 0.694. The fourth-order valence-corrected chi connectivity index (χ4v) is 1.89. The molecule has 0 fully saturated rings. The molecule has 0 aliphatic carbocycles. The minimum absolute atomic E-state index is 0.188. The number of imidazole rings is 1. The van der Waals surface area contributed by atoms with Gasteiger partial charge in [0.15, 0.2) is 12.1 Å². The van der Waals surface area contributed by atoms with Crippen LogP contribution in [-0.2, 0) is 0 Å². The van der Waals surface area contributed by atoms with E-state index in [0.29, 0.717) is 6.29 Å². The summed E-state index contributed by atoms with van der Waals surface area (Å²) in [6, 6.07) is 7.60. The van der Waals surface area contributed by atoms with Crippen LogP contribution in [0.25, 0.3) is 22.3 Å². The van der Waals surface area contributed by atoms with Crippen LogP contribution in [-0.4, -0.2) is 26.2 Å². The second-order valence-corrected chi connectivity index (χ2v) is 3.97. The topological polar surface area (TPSA) is 71.5 Å². The van der Waals surface area contributed by atoms with Crippen molar-refractivity contribution in [2.24, 2.45) is 0 Å². The zero-order valence-corrected chi connectivity index (χ0v) is 9.71. The van der Waals surface area contributed by atoms with Crippen molar-refractivity contribution in [1.29, 1.82) is 0 Å². The maximum Gasteiger partial charge on any atom is 0.193 e. The van der Waals surface area contributed by atoms with Crippen LogP contribution >= 0.6 is 0 Å². The molecule has 0 aliphatic heterocycles. The molecule has 0 saturated heterocycles. The Kier molecular flexibility index (Phi) is 2.37. The Bertz CT molecular complexity index is 733. The summed E-state index contributed by atoms with van der Waals surface area (Å²) in [5.41, 5.74) is 3.52. The van der Waals surface area contributed by atoms with Crippen molar-refractivity contribution in [1.82, 2.24) is 19.9 Å². The van der Waals surface area contributed by atoms with Gasteiger partial charge in [0.25, 0.3) is 0 Å². The number of H-pyrrole nitrogens is 1. The van der Waals surface area contributed by atoms with Gasteiger partial charge in [-0.2, -0.15) is 0 Å². The average Bonchev–Trinajstić information content (AvgIpc) is 2.77. The van der Waals surface area contributed by atoms with E-state index in [1.807, 2.05) is 25.1 Å². The first-order valence-corrected chi connectivity index (χ1v) is 5.51. The van der Waals surface area contributed by atoms with Crippen molar-refractivity contribution in [3.63, 3.8) is 0 Å². The first-order valence-electron chi connectivity index (χ1n) is 5.51. The van der Waals surface area contributed by atoms with Gasteiger partial charge in [0.1, 0.15) is 5.82 Å². The molecule has 88 valence electrons. The summed E-state index contributed by atoms with van der Waals surface area (Å²) in [5.74, 6) is 1.06. The van der Waals surface area contributed by atoms with Gasteiger partial charge in [0.05, 0.1) is 16.7 Å². The standard InChI is InChI=1S/C13H10N4O/c1-8-15-11-3-2-9(6-12(11)16-8)10-4-5-14-13(7-18)17-10/h2-7H,1H3,(H,15,16). The first-order chi connectivity index (χ1) is 8.76. The predicted molar refractivity (Wildman–Crippen MR) is 67.2 cm³/mol. The lowest BCUT2D eigenvalue weighted by Crippen LogP contribution is -1.93. The molecule has 2 heterocycles. The van der Waals surface area contributed by atoms with Crippen LogP contribution in [0.15, 0.2) is 30.5 Å². The molecular formula is C13H10N4O. The number of aldehydes is 1. The van der Waals surface area contributed by atoms with Crippen LogP contribution in [0, 0.1) is 6.92 Å². The van der Waals surface area contributed by atoms with Gasteiger partial charge in [-0.3, -0.25) is 4.79 Å². The van der Waals surface area contributed by atoms with E-state index in [9.17, 15) is 4.79 Å². The number of hydrogen-bond donors (Lipinski definition) is 1. The highest BCUT2D eigenvalue weighted by molar-refractivity contribution is 5.81. The number of aromatic amines is 1. The maximum absolute atomic E-state index is 10.7. The molecule has 3 aromatic rings. The molecule has 3 rings (SSSR count). The molecule has 1 aromatic carbocycles. The molecule has 0 spiro atoms. The van der Waals surface area contributed by atoms with Crippen LogP contribution < -0.4 is 0 Å². The smallest absolute Gasteiger partial charge is 0.193 e. The van der Waals surface area contributed by atoms with Crippen LogP contribution in [0.5, 0.6) is 0 Å². The predicted octanol–water partition coefficient (Wildman–Crippen LogP) is 2.14. The number of aromatic nitrogens is 4. The van der Waals surface area contributed by atoms with E-state index in [2.05, 4.69) is 19.9 Å². The maximum atomic E-state index is 10.7.